The number of rotatable bonds is 4. The van der Waals surface area contributed by atoms with E-state index in [1.54, 1.807) is 23.1 Å². The molecule has 0 bridgehead atoms. The van der Waals surface area contributed by atoms with E-state index in [-0.39, 0.29) is 0 Å². The van der Waals surface area contributed by atoms with E-state index in [2.05, 4.69) is 15.1 Å². The second-order valence-corrected chi connectivity index (χ2v) is 5.83. The molecular formula is C9H16N4S2. The van der Waals surface area contributed by atoms with Crippen LogP contribution in [0.5, 0.6) is 0 Å². The molecule has 4 nitrogen and oxygen atoms in total. The van der Waals surface area contributed by atoms with E-state index in [9.17, 15) is 0 Å². The fourth-order valence-electron chi connectivity index (χ4n) is 1.62. The largest absolute Gasteiger partial charge is 0.347 e. The van der Waals surface area contributed by atoms with Gasteiger partial charge in [0.05, 0.1) is 0 Å². The number of aromatic nitrogens is 2. The Balaban J connectivity index is 1.93. The summed E-state index contributed by atoms with van der Waals surface area (Å²) in [4.78, 5) is 2.34. The summed E-state index contributed by atoms with van der Waals surface area (Å²) in [5, 5.41) is 9.47. The molecule has 1 aromatic rings. The van der Waals surface area contributed by atoms with Crippen molar-refractivity contribution in [1.29, 1.82) is 0 Å². The molecule has 1 fully saturated rings. The minimum atomic E-state index is 0.698. The lowest BCUT2D eigenvalue weighted by Gasteiger charge is -2.25. The van der Waals surface area contributed by atoms with E-state index in [0.29, 0.717) is 6.54 Å². The Morgan fingerprint density at radius 3 is 2.80 bits per heavy atom. The second-order valence-electron chi connectivity index (χ2n) is 3.54. The van der Waals surface area contributed by atoms with Gasteiger partial charge in [0.2, 0.25) is 5.13 Å². The third-order valence-electron chi connectivity index (χ3n) is 2.37. The van der Waals surface area contributed by atoms with Gasteiger partial charge in [-0.15, -0.1) is 10.2 Å². The molecule has 1 aliphatic rings. The number of nitrogens with two attached hydrogens (primary N) is 1. The molecule has 0 saturated carbocycles. The Morgan fingerprint density at radius 1 is 1.27 bits per heavy atom. The van der Waals surface area contributed by atoms with Gasteiger partial charge in [0.15, 0.2) is 4.34 Å². The van der Waals surface area contributed by atoms with Crippen LogP contribution in [-0.4, -0.2) is 35.6 Å². The molecular weight excluding hydrogens is 228 g/mol. The normalized spacial score (nSPS) is 17.0. The van der Waals surface area contributed by atoms with Gasteiger partial charge in [-0.1, -0.05) is 23.1 Å². The molecule has 2 rings (SSSR count). The molecule has 0 amide bonds. The number of hydrogen-bond acceptors (Lipinski definition) is 6. The van der Waals surface area contributed by atoms with Gasteiger partial charge >= 0.3 is 0 Å². The van der Waals surface area contributed by atoms with Crippen molar-refractivity contribution in [2.45, 2.75) is 23.6 Å². The maximum Gasteiger partial charge on any atom is 0.209 e. The quantitative estimate of drug-likeness (QED) is 0.815. The van der Waals surface area contributed by atoms with Crippen LogP contribution < -0.4 is 10.6 Å². The third-order valence-corrected chi connectivity index (χ3v) is 4.52. The molecule has 2 heterocycles. The van der Waals surface area contributed by atoms with Crippen molar-refractivity contribution in [1.82, 2.24) is 10.2 Å². The number of hydrogen-bond donors (Lipinski definition) is 1. The molecule has 1 aliphatic heterocycles. The van der Waals surface area contributed by atoms with Gasteiger partial charge in [0.25, 0.3) is 0 Å². The first-order valence-electron chi connectivity index (χ1n) is 5.31. The highest BCUT2D eigenvalue weighted by Gasteiger charge is 2.15. The van der Waals surface area contributed by atoms with Crippen molar-refractivity contribution < 1.29 is 0 Å². The Kier molecular flexibility index (Phi) is 4.22. The van der Waals surface area contributed by atoms with Crippen LogP contribution in [0.15, 0.2) is 4.34 Å². The molecule has 1 saturated heterocycles. The molecule has 0 aliphatic carbocycles. The van der Waals surface area contributed by atoms with Gasteiger partial charge in [-0.05, 0) is 19.3 Å². The van der Waals surface area contributed by atoms with E-state index in [4.69, 9.17) is 5.73 Å². The van der Waals surface area contributed by atoms with E-state index >= 15 is 0 Å². The minimum absolute atomic E-state index is 0.698. The molecule has 15 heavy (non-hydrogen) atoms. The Bertz CT molecular complexity index is 296. The first kappa shape index (κ1) is 11.2. The smallest absolute Gasteiger partial charge is 0.209 e. The van der Waals surface area contributed by atoms with Gasteiger partial charge in [0.1, 0.15) is 0 Å². The Hall–Kier alpha value is -0.330. The van der Waals surface area contributed by atoms with Crippen LogP contribution in [0, 0.1) is 0 Å². The van der Waals surface area contributed by atoms with Crippen molar-refractivity contribution in [3.63, 3.8) is 0 Å². The zero-order valence-corrected chi connectivity index (χ0v) is 10.3. The summed E-state index contributed by atoms with van der Waals surface area (Å²) in [5.41, 5.74) is 5.45. The van der Waals surface area contributed by atoms with Crippen LogP contribution in [0.2, 0.25) is 0 Å². The summed E-state index contributed by atoms with van der Waals surface area (Å²) >= 11 is 3.39. The first-order valence-corrected chi connectivity index (χ1v) is 7.11. The first-order chi connectivity index (χ1) is 7.40. The van der Waals surface area contributed by atoms with E-state index in [1.165, 1.54) is 19.3 Å². The summed E-state index contributed by atoms with van der Waals surface area (Å²) in [6.45, 7) is 2.97. The summed E-state index contributed by atoms with van der Waals surface area (Å²) in [6, 6.07) is 0. The lowest BCUT2D eigenvalue weighted by atomic mass is 10.1. The predicted octanol–water partition coefficient (Wildman–Crippen LogP) is 1.58. The maximum absolute atomic E-state index is 5.45. The SMILES string of the molecule is NCCSc1nnc(N2CCCCC2)s1. The molecule has 6 heteroatoms. The van der Waals surface area contributed by atoms with Gasteiger partial charge in [-0.2, -0.15) is 0 Å². The van der Waals surface area contributed by atoms with Crippen LogP contribution in [0.1, 0.15) is 19.3 Å². The second kappa shape index (κ2) is 5.67. The van der Waals surface area contributed by atoms with Crippen LogP contribution in [0.25, 0.3) is 0 Å². The average Bonchev–Trinajstić information content (AvgIpc) is 2.76. The number of nitrogens with zero attached hydrogens (tertiary/aromatic N) is 3. The summed E-state index contributed by atoms with van der Waals surface area (Å²) < 4.78 is 1.04. The molecule has 0 spiro atoms. The van der Waals surface area contributed by atoms with Crippen LogP contribution >= 0.6 is 23.1 Å². The van der Waals surface area contributed by atoms with Crippen molar-refractivity contribution in [3.8, 4) is 0 Å². The molecule has 0 atom stereocenters. The monoisotopic (exact) mass is 244 g/mol. The highest BCUT2D eigenvalue weighted by Crippen LogP contribution is 2.29. The number of thioether (sulfide) groups is 1. The van der Waals surface area contributed by atoms with Crippen LogP contribution in [0.4, 0.5) is 5.13 Å². The van der Waals surface area contributed by atoms with Crippen molar-refractivity contribution in [3.05, 3.63) is 0 Å². The molecule has 1 aromatic heterocycles. The van der Waals surface area contributed by atoms with Crippen molar-refractivity contribution >= 4 is 28.2 Å². The molecule has 0 unspecified atom stereocenters. The van der Waals surface area contributed by atoms with Gasteiger partial charge in [-0.25, -0.2) is 0 Å². The maximum atomic E-state index is 5.45. The van der Waals surface area contributed by atoms with Gasteiger partial charge < -0.3 is 10.6 Å². The predicted molar refractivity (Wildman–Crippen MR) is 65.8 cm³/mol. The highest BCUT2D eigenvalue weighted by molar-refractivity contribution is 8.01. The van der Waals surface area contributed by atoms with Crippen LogP contribution in [0.3, 0.4) is 0 Å². The average molecular weight is 244 g/mol. The summed E-state index contributed by atoms with van der Waals surface area (Å²) in [6.07, 6.45) is 3.92. The summed E-state index contributed by atoms with van der Waals surface area (Å²) in [5.74, 6) is 0.925. The van der Waals surface area contributed by atoms with E-state index < -0.39 is 0 Å². The van der Waals surface area contributed by atoms with Crippen LogP contribution in [-0.2, 0) is 0 Å². The lowest BCUT2D eigenvalue weighted by Crippen LogP contribution is -2.29. The fraction of sp³-hybridized carbons (Fsp3) is 0.778. The minimum Gasteiger partial charge on any atom is -0.347 e. The molecule has 2 N–H and O–H groups in total. The Labute approximate surface area is 98.3 Å². The zero-order chi connectivity index (χ0) is 10.5. The highest BCUT2D eigenvalue weighted by atomic mass is 32.2. The van der Waals surface area contributed by atoms with Gasteiger partial charge in [0, 0.05) is 25.4 Å². The molecule has 84 valence electrons. The molecule has 0 aromatic carbocycles. The Morgan fingerprint density at radius 2 is 2.07 bits per heavy atom. The lowest BCUT2D eigenvalue weighted by molar-refractivity contribution is 0.575. The topological polar surface area (TPSA) is 55.0 Å². The third kappa shape index (κ3) is 3.06. The number of piperidine rings is 1. The standard InChI is InChI=1S/C9H16N4S2/c10-4-7-14-9-12-11-8(15-9)13-5-2-1-3-6-13/h1-7,10H2. The molecule has 0 radical (unpaired) electrons. The van der Waals surface area contributed by atoms with Crippen molar-refractivity contribution in [2.24, 2.45) is 5.73 Å². The fourth-order valence-corrected chi connectivity index (χ4v) is 3.35. The number of anilines is 1. The van der Waals surface area contributed by atoms with E-state index in [1.807, 2.05) is 0 Å². The zero-order valence-electron chi connectivity index (χ0n) is 8.69. The van der Waals surface area contributed by atoms with Crippen molar-refractivity contribution in [2.75, 3.05) is 30.3 Å². The van der Waals surface area contributed by atoms with E-state index in [0.717, 1.165) is 28.3 Å². The summed E-state index contributed by atoms with van der Waals surface area (Å²) in [7, 11) is 0. The van der Waals surface area contributed by atoms with Gasteiger partial charge in [-0.3, -0.25) is 0 Å².